The van der Waals surface area contributed by atoms with E-state index in [0.29, 0.717) is 22.7 Å². The molecule has 0 atom stereocenters. The van der Waals surface area contributed by atoms with Crippen LogP contribution in [0.25, 0.3) is 10.8 Å². The molecule has 0 aliphatic heterocycles. The number of esters is 1. The highest BCUT2D eigenvalue weighted by atomic mass is 16.5. The molecule has 2 N–H and O–H groups in total. The number of fused-ring (bicyclic) bond motifs is 1. The molecule has 37 heavy (non-hydrogen) atoms. The number of hydrogen-bond donors (Lipinski definition) is 2. The van der Waals surface area contributed by atoms with Crippen molar-refractivity contribution in [2.75, 3.05) is 19.5 Å². The molecule has 0 saturated heterocycles. The highest BCUT2D eigenvalue weighted by Crippen LogP contribution is 2.30. The van der Waals surface area contributed by atoms with Crippen LogP contribution in [0.5, 0.6) is 17.2 Å². The molecule has 0 radical (unpaired) electrons. The molecule has 4 aromatic rings. The molecule has 0 heterocycles. The van der Waals surface area contributed by atoms with Crippen LogP contribution >= 0.6 is 0 Å². The van der Waals surface area contributed by atoms with Crippen LogP contribution in [0.4, 0.5) is 5.69 Å². The van der Waals surface area contributed by atoms with Crippen LogP contribution in [-0.4, -0.2) is 38.2 Å². The fourth-order valence-corrected chi connectivity index (χ4v) is 3.54. The second-order valence-corrected chi connectivity index (χ2v) is 7.68. The first-order valence-corrected chi connectivity index (χ1v) is 11.2. The Morgan fingerprint density at radius 1 is 0.757 bits per heavy atom. The number of amides is 2. The third kappa shape index (κ3) is 5.91. The molecule has 0 saturated carbocycles. The summed E-state index contributed by atoms with van der Waals surface area (Å²) in [7, 11) is 2.97. The van der Waals surface area contributed by atoms with Crippen molar-refractivity contribution in [3.63, 3.8) is 0 Å². The maximum atomic E-state index is 12.9. The van der Waals surface area contributed by atoms with E-state index in [1.54, 1.807) is 54.6 Å². The summed E-state index contributed by atoms with van der Waals surface area (Å²) in [6.07, 6.45) is 1.33. The predicted molar refractivity (Wildman–Crippen MR) is 139 cm³/mol. The Morgan fingerprint density at radius 3 is 2.22 bits per heavy atom. The van der Waals surface area contributed by atoms with Crippen molar-refractivity contribution >= 4 is 40.5 Å². The van der Waals surface area contributed by atoms with Gasteiger partial charge in [0, 0.05) is 11.3 Å². The first-order chi connectivity index (χ1) is 18.0. The standard InChI is InChI=1S/C28H23N3O6/c1-35-24-15-13-19(16-25(24)36-2)28(34)37-23-14-12-18-8-6-7-11-21(18)22(23)17-29-31-27(33)26(32)30-20-9-4-3-5-10-20/h3-17H,1-2H3,(H,30,32)(H,31,33)/b29-17-. The third-order valence-electron chi connectivity index (χ3n) is 5.35. The van der Waals surface area contributed by atoms with E-state index in [-0.39, 0.29) is 11.3 Å². The molecule has 186 valence electrons. The normalized spacial score (nSPS) is 10.6. The molecule has 4 rings (SSSR count). The Labute approximate surface area is 212 Å². The monoisotopic (exact) mass is 497 g/mol. The lowest BCUT2D eigenvalue weighted by molar-refractivity contribution is -0.136. The Hall–Kier alpha value is -5.18. The predicted octanol–water partition coefficient (Wildman–Crippen LogP) is 4.17. The van der Waals surface area contributed by atoms with Crippen molar-refractivity contribution in [3.05, 3.63) is 96.1 Å². The molecule has 0 aliphatic rings. The van der Waals surface area contributed by atoms with Gasteiger partial charge in [0.05, 0.1) is 26.0 Å². The van der Waals surface area contributed by atoms with Crippen molar-refractivity contribution in [2.45, 2.75) is 0 Å². The van der Waals surface area contributed by atoms with Crippen molar-refractivity contribution in [3.8, 4) is 17.2 Å². The molecule has 0 unspecified atom stereocenters. The van der Waals surface area contributed by atoms with Gasteiger partial charge in [-0.15, -0.1) is 0 Å². The lowest BCUT2D eigenvalue weighted by Gasteiger charge is -2.12. The van der Waals surface area contributed by atoms with Gasteiger partial charge < -0.3 is 19.5 Å². The molecular weight excluding hydrogens is 474 g/mol. The van der Waals surface area contributed by atoms with Crippen molar-refractivity contribution in [1.82, 2.24) is 5.43 Å². The molecule has 0 aromatic heterocycles. The molecule has 9 nitrogen and oxygen atoms in total. The quantitative estimate of drug-likeness (QED) is 0.130. The van der Waals surface area contributed by atoms with Crippen molar-refractivity contribution in [2.24, 2.45) is 5.10 Å². The SMILES string of the molecule is COc1ccc(C(=O)Oc2ccc3ccccc3c2/C=N\NC(=O)C(=O)Nc2ccccc2)cc1OC. The van der Waals surface area contributed by atoms with E-state index < -0.39 is 17.8 Å². The highest BCUT2D eigenvalue weighted by molar-refractivity contribution is 6.39. The zero-order chi connectivity index (χ0) is 26.2. The van der Waals surface area contributed by atoms with Crippen LogP contribution in [0.3, 0.4) is 0 Å². The summed E-state index contributed by atoms with van der Waals surface area (Å²) < 4.78 is 16.2. The zero-order valence-electron chi connectivity index (χ0n) is 20.1. The molecule has 4 aromatic carbocycles. The van der Waals surface area contributed by atoms with E-state index in [0.717, 1.165) is 10.8 Å². The average molecular weight is 498 g/mol. The van der Waals surface area contributed by atoms with E-state index in [9.17, 15) is 14.4 Å². The zero-order valence-corrected chi connectivity index (χ0v) is 20.1. The summed E-state index contributed by atoms with van der Waals surface area (Å²) >= 11 is 0. The van der Waals surface area contributed by atoms with Gasteiger partial charge in [-0.1, -0.05) is 48.5 Å². The molecule has 0 bridgehead atoms. The molecule has 2 amide bonds. The van der Waals surface area contributed by atoms with Gasteiger partial charge in [-0.3, -0.25) is 9.59 Å². The number of ether oxygens (including phenoxy) is 3. The van der Waals surface area contributed by atoms with E-state index in [2.05, 4.69) is 15.8 Å². The Bertz CT molecular complexity index is 1480. The van der Waals surface area contributed by atoms with E-state index in [1.807, 2.05) is 24.3 Å². The summed E-state index contributed by atoms with van der Waals surface area (Å²) in [6.45, 7) is 0. The number of nitrogens with zero attached hydrogens (tertiary/aromatic N) is 1. The molecule has 0 fully saturated rings. The fourth-order valence-electron chi connectivity index (χ4n) is 3.54. The summed E-state index contributed by atoms with van der Waals surface area (Å²) in [5, 5.41) is 8.00. The van der Waals surface area contributed by atoms with Crippen LogP contribution < -0.4 is 25.0 Å². The minimum atomic E-state index is -0.954. The number of nitrogens with one attached hydrogen (secondary N) is 2. The highest BCUT2D eigenvalue weighted by Gasteiger charge is 2.17. The van der Waals surface area contributed by atoms with Gasteiger partial charge in [0.2, 0.25) is 0 Å². The topological polar surface area (TPSA) is 115 Å². The molecule has 0 aliphatic carbocycles. The third-order valence-corrected chi connectivity index (χ3v) is 5.35. The van der Waals surface area contributed by atoms with E-state index in [4.69, 9.17) is 14.2 Å². The van der Waals surface area contributed by atoms with Crippen LogP contribution in [-0.2, 0) is 9.59 Å². The van der Waals surface area contributed by atoms with Gasteiger partial charge in [-0.2, -0.15) is 5.10 Å². The number of para-hydroxylation sites is 1. The number of benzene rings is 4. The van der Waals surface area contributed by atoms with Gasteiger partial charge in [0.25, 0.3) is 0 Å². The van der Waals surface area contributed by atoms with E-state index in [1.165, 1.54) is 26.5 Å². The first-order valence-electron chi connectivity index (χ1n) is 11.2. The maximum absolute atomic E-state index is 12.9. The number of carbonyl (C=O) groups is 3. The van der Waals surface area contributed by atoms with Gasteiger partial charge in [-0.25, -0.2) is 10.2 Å². The second kappa shape index (κ2) is 11.5. The van der Waals surface area contributed by atoms with Gasteiger partial charge in [0.15, 0.2) is 11.5 Å². The fraction of sp³-hybridized carbons (Fsp3) is 0.0714. The summed E-state index contributed by atoms with van der Waals surface area (Å²) in [5.74, 6) is -1.38. The maximum Gasteiger partial charge on any atom is 0.343 e. The van der Waals surface area contributed by atoms with Crippen LogP contribution in [0, 0.1) is 0 Å². The average Bonchev–Trinajstić information content (AvgIpc) is 2.93. The molecule has 0 spiro atoms. The summed E-state index contributed by atoms with van der Waals surface area (Å²) in [6, 6.07) is 24.1. The molecule has 9 heteroatoms. The minimum Gasteiger partial charge on any atom is -0.493 e. The summed E-state index contributed by atoms with van der Waals surface area (Å²) in [4.78, 5) is 37.3. The van der Waals surface area contributed by atoms with Crippen molar-refractivity contribution in [1.29, 1.82) is 0 Å². The number of anilines is 1. The lowest BCUT2D eigenvalue weighted by atomic mass is 10.0. The lowest BCUT2D eigenvalue weighted by Crippen LogP contribution is -2.32. The number of carbonyl (C=O) groups excluding carboxylic acids is 3. The van der Waals surface area contributed by atoms with Crippen LogP contribution in [0.1, 0.15) is 15.9 Å². The van der Waals surface area contributed by atoms with Gasteiger partial charge in [0.1, 0.15) is 5.75 Å². The first kappa shape index (κ1) is 24.9. The smallest absolute Gasteiger partial charge is 0.343 e. The Kier molecular flexibility index (Phi) is 7.75. The minimum absolute atomic E-state index is 0.213. The molecular formula is C28H23N3O6. The number of hydrazone groups is 1. The van der Waals surface area contributed by atoms with Crippen LogP contribution in [0.2, 0.25) is 0 Å². The summed E-state index contributed by atoms with van der Waals surface area (Å²) in [5.41, 5.74) is 3.37. The Balaban J connectivity index is 1.56. The van der Waals surface area contributed by atoms with E-state index >= 15 is 0 Å². The van der Waals surface area contributed by atoms with Crippen molar-refractivity contribution < 1.29 is 28.6 Å². The second-order valence-electron chi connectivity index (χ2n) is 7.68. The van der Waals surface area contributed by atoms with Crippen LogP contribution in [0.15, 0.2) is 90.0 Å². The number of hydrogen-bond acceptors (Lipinski definition) is 7. The largest absolute Gasteiger partial charge is 0.493 e. The number of methoxy groups -OCH3 is 2. The Morgan fingerprint density at radius 2 is 1.46 bits per heavy atom. The number of rotatable bonds is 7. The van der Waals surface area contributed by atoms with Gasteiger partial charge in [-0.05, 0) is 47.2 Å². The van der Waals surface area contributed by atoms with Gasteiger partial charge >= 0.3 is 17.8 Å².